The summed E-state index contributed by atoms with van der Waals surface area (Å²) in [4.78, 5) is 23.6. The standard InChI is InChI=1S/C15H18N2O3/c18-14(10-6-7-10)16-11-3-1-4-12(9-11)17-15(19)13-5-2-8-20-13/h1,3-4,9-10,13H,2,5-8H2,(H,16,18)(H,17,19)/t13-/m1/s1. The van der Waals surface area contributed by atoms with Crippen molar-refractivity contribution in [1.82, 2.24) is 0 Å². The first-order chi connectivity index (χ1) is 9.72. The summed E-state index contributed by atoms with van der Waals surface area (Å²) in [5.74, 6) is 0.112. The average Bonchev–Trinajstić information content (AvgIpc) is 3.14. The zero-order valence-corrected chi connectivity index (χ0v) is 11.2. The van der Waals surface area contributed by atoms with Gasteiger partial charge in [-0.05, 0) is 43.9 Å². The maximum atomic E-state index is 11.9. The van der Waals surface area contributed by atoms with Gasteiger partial charge in [0.05, 0.1) is 0 Å². The lowest BCUT2D eigenvalue weighted by atomic mass is 10.2. The third-order valence-corrected chi connectivity index (χ3v) is 3.57. The Morgan fingerprint density at radius 1 is 1.05 bits per heavy atom. The molecule has 1 saturated heterocycles. The maximum absolute atomic E-state index is 11.9. The van der Waals surface area contributed by atoms with E-state index in [2.05, 4.69) is 10.6 Å². The lowest BCUT2D eigenvalue weighted by molar-refractivity contribution is -0.124. The molecule has 2 amide bonds. The number of nitrogens with one attached hydrogen (secondary N) is 2. The molecule has 1 saturated carbocycles. The van der Waals surface area contributed by atoms with Crippen LogP contribution in [0.15, 0.2) is 24.3 Å². The van der Waals surface area contributed by atoms with Gasteiger partial charge in [-0.3, -0.25) is 9.59 Å². The van der Waals surface area contributed by atoms with Crippen LogP contribution in [0.25, 0.3) is 0 Å². The normalized spacial score (nSPS) is 21.5. The number of hydrogen-bond donors (Lipinski definition) is 2. The van der Waals surface area contributed by atoms with E-state index >= 15 is 0 Å². The minimum Gasteiger partial charge on any atom is -0.368 e. The zero-order valence-electron chi connectivity index (χ0n) is 11.2. The molecule has 0 unspecified atom stereocenters. The van der Waals surface area contributed by atoms with Gasteiger partial charge in [0.1, 0.15) is 6.10 Å². The Kier molecular flexibility index (Phi) is 3.69. The van der Waals surface area contributed by atoms with E-state index in [1.807, 2.05) is 12.1 Å². The second kappa shape index (κ2) is 5.63. The van der Waals surface area contributed by atoms with Crippen molar-refractivity contribution in [1.29, 1.82) is 0 Å². The molecule has 106 valence electrons. The monoisotopic (exact) mass is 274 g/mol. The predicted octanol–water partition coefficient (Wildman–Crippen LogP) is 2.15. The van der Waals surface area contributed by atoms with Crippen molar-refractivity contribution in [2.24, 2.45) is 5.92 Å². The minimum absolute atomic E-state index is 0.0626. The van der Waals surface area contributed by atoms with Crippen LogP contribution in [0.5, 0.6) is 0 Å². The van der Waals surface area contributed by atoms with E-state index in [1.165, 1.54) is 0 Å². The highest BCUT2D eigenvalue weighted by molar-refractivity contribution is 5.97. The molecule has 1 aliphatic heterocycles. The topological polar surface area (TPSA) is 67.4 Å². The van der Waals surface area contributed by atoms with E-state index in [-0.39, 0.29) is 23.8 Å². The Balaban J connectivity index is 1.61. The maximum Gasteiger partial charge on any atom is 0.253 e. The summed E-state index contributed by atoms with van der Waals surface area (Å²) >= 11 is 0. The van der Waals surface area contributed by atoms with Gasteiger partial charge in [0.15, 0.2) is 0 Å². The smallest absolute Gasteiger partial charge is 0.253 e. The first-order valence-corrected chi connectivity index (χ1v) is 7.06. The summed E-state index contributed by atoms with van der Waals surface area (Å²) in [6, 6.07) is 7.21. The first kappa shape index (κ1) is 13.1. The summed E-state index contributed by atoms with van der Waals surface area (Å²) < 4.78 is 5.34. The molecular formula is C15H18N2O3. The third kappa shape index (κ3) is 3.17. The SMILES string of the molecule is O=C(Nc1cccc(NC(=O)[C@H]2CCCO2)c1)C1CC1. The number of rotatable bonds is 4. The fourth-order valence-electron chi connectivity index (χ4n) is 2.27. The average molecular weight is 274 g/mol. The van der Waals surface area contributed by atoms with Crippen LogP contribution < -0.4 is 10.6 Å². The van der Waals surface area contributed by atoms with Crippen molar-refractivity contribution in [2.45, 2.75) is 31.8 Å². The molecule has 0 radical (unpaired) electrons. The highest BCUT2D eigenvalue weighted by Gasteiger charge is 2.29. The number of ether oxygens (including phenoxy) is 1. The Morgan fingerprint density at radius 2 is 1.75 bits per heavy atom. The van der Waals surface area contributed by atoms with Gasteiger partial charge < -0.3 is 15.4 Å². The number of hydrogen-bond acceptors (Lipinski definition) is 3. The van der Waals surface area contributed by atoms with E-state index in [0.29, 0.717) is 18.0 Å². The molecule has 0 spiro atoms. The van der Waals surface area contributed by atoms with Crippen LogP contribution in [0.1, 0.15) is 25.7 Å². The van der Waals surface area contributed by atoms with Crippen molar-refractivity contribution in [3.05, 3.63) is 24.3 Å². The lowest BCUT2D eigenvalue weighted by Crippen LogP contribution is -2.26. The third-order valence-electron chi connectivity index (χ3n) is 3.57. The molecule has 0 aromatic heterocycles. The fraction of sp³-hybridized carbons (Fsp3) is 0.467. The van der Waals surface area contributed by atoms with Crippen LogP contribution in [0.4, 0.5) is 11.4 Å². The van der Waals surface area contributed by atoms with E-state index in [0.717, 1.165) is 25.7 Å². The number of carbonyl (C=O) groups excluding carboxylic acids is 2. The molecule has 5 heteroatoms. The molecule has 1 aliphatic carbocycles. The van der Waals surface area contributed by atoms with Gasteiger partial charge in [-0.1, -0.05) is 6.07 Å². The van der Waals surface area contributed by atoms with Crippen molar-refractivity contribution < 1.29 is 14.3 Å². The van der Waals surface area contributed by atoms with Crippen molar-refractivity contribution in [2.75, 3.05) is 17.2 Å². The van der Waals surface area contributed by atoms with Crippen LogP contribution in [-0.2, 0) is 14.3 Å². The highest BCUT2D eigenvalue weighted by atomic mass is 16.5. The van der Waals surface area contributed by atoms with Gasteiger partial charge in [-0.2, -0.15) is 0 Å². The van der Waals surface area contributed by atoms with Gasteiger partial charge in [0.25, 0.3) is 5.91 Å². The van der Waals surface area contributed by atoms with Gasteiger partial charge in [-0.25, -0.2) is 0 Å². The van der Waals surface area contributed by atoms with Gasteiger partial charge in [-0.15, -0.1) is 0 Å². The lowest BCUT2D eigenvalue weighted by Gasteiger charge is -2.11. The molecule has 2 aliphatic rings. The molecule has 1 atom stereocenters. The van der Waals surface area contributed by atoms with Gasteiger partial charge in [0, 0.05) is 23.9 Å². The Labute approximate surface area is 117 Å². The Bertz CT molecular complexity index is 520. The van der Waals surface area contributed by atoms with Crippen molar-refractivity contribution in [3.63, 3.8) is 0 Å². The van der Waals surface area contributed by atoms with Crippen LogP contribution in [-0.4, -0.2) is 24.5 Å². The summed E-state index contributed by atoms with van der Waals surface area (Å²) in [7, 11) is 0. The van der Waals surface area contributed by atoms with Crippen molar-refractivity contribution >= 4 is 23.2 Å². The molecule has 1 aromatic carbocycles. The number of carbonyl (C=O) groups is 2. The van der Waals surface area contributed by atoms with E-state index in [9.17, 15) is 9.59 Å². The quantitative estimate of drug-likeness (QED) is 0.884. The first-order valence-electron chi connectivity index (χ1n) is 7.06. The van der Waals surface area contributed by atoms with E-state index in [1.54, 1.807) is 12.1 Å². The molecule has 1 heterocycles. The fourth-order valence-corrected chi connectivity index (χ4v) is 2.27. The predicted molar refractivity (Wildman–Crippen MR) is 75.4 cm³/mol. The largest absolute Gasteiger partial charge is 0.368 e. The molecule has 5 nitrogen and oxygen atoms in total. The van der Waals surface area contributed by atoms with Gasteiger partial charge in [0.2, 0.25) is 5.91 Å². The molecule has 3 rings (SSSR count). The van der Waals surface area contributed by atoms with Gasteiger partial charge >= 0.3 is 0 Å². The summed E-state index contributed by atoms with van der Waals surface area (Å²) in [6.07, 6.45) is 3.29. The Morgan fingerprint density at radius 3 is 2.35 bits per heavy atom. The number of anilines is 2. The molecule has 2 N–H and O–H groups in total. The number of benzene rings is 1. The second-order valence-electron chi connectivity index (χ2n) is 5.34. The van der Waals surface area contributed by atoms with Crippen molar-refractivity contribution in [3.8, 4) is 0 Å². The summed E-state index contributed by atoms with van der Waals surface area (Å²) in [5, 5.41) is 5.69. The summed E-state index contributed by atoms with van der Waals surface area (Å²) in [6.45, 7) is 0.648. The molecule has 0 bridgehead atoms. The van der Waals surface area contributed by atoms with Crippen LogP contribution in [0, 0.1) is 5.92 Å². The van der Waals surface area contributed by atoms with E-state index < -0.39 is 0 Å². The zero-order chi connectivity index (χ0) is 13.9. The number of amides is 2. The van der Waals surface area contributed by atoms with E-state index in [4.69, 9.17) is 4.74 Å². The highest BCUT2D eigenvalue weighted by Crippen LogP contribution is 2.30. The minimum atomic E-state index is -0.347. The molecule has 1 aromatic rings. The van der Waals surface area contributed by atoms with Crippen LogP contribution >= 0.6 is 0 Å². The Hall–Kier alpha value is -1.88. The molecular weight excluding hydrogens is 256 g/mol. The summed E-state index contributed by atoms with van der Waals surface area (Å²) in [5.41, 5.74) is 1.39. The molecule has 2 fully saturated rings. The molecule has 20 heavy (non-hydrogen) atoms. The second-order valence-corrected chi connectivity index (χ2v) is 5.34. The van der Waals surface area contributed by atoms with Crippen LogP contribution in [0.2, 0.25) is 0 Å². The van der Waals surface area contributed by atoms with Crippen LogP contribution in [0.3, 0.4) is 0 Å².